The van der Waals surface area contributed by atoms with Gasteiger partial charge in [-0.2, -0.15) is 8.78 Å². The molecule has 2 fully saturated rings. The number of piperidine rings is 1. The lowest BCUT2D eigenvalue weighted by Gasteiger charge is -2.31. The second kappa shape index (κ2) is 14.0. The van der Waals surface area contributed by atoms with Crippen LogP contribution in [0.2, 0.25) is 0 Å². The van der Waals surface area contributed by atoms with E-state index in [0.29, 0.717) is 49.3 Å². The highest BCUT2D eigenvalue weighted by Crippen LogP contribution is 2.35. The maximum absolute atomic E-state index is 13.3. The highest BCUT2D eigenvalue weighted by molar-refractivity contribution is 7.93. The van der Waals surface area contributed by atoms with Crippen molar-refractivity contribution in [2.75, 3.05) is 30.9 Å². The molecule has 0 aliphatic carbocycles. The number of pyridine rings is 1. The number of nitrogens with zero attached hydrogens (tertiary/aromatic N) is 3. The molecule has 3 aromatic rings. The van der Waals surface area contributed by atoms with Gasteiger partial charge < -0.3 is 15.1 Å². The molecule has 216 valence electrons. The van der Waals surface area contributed by atoms with Crippen LogP contribution in [0.3, 0.4) is 0 Å². The van der Waals surface area contributed by atoms with Gasteiger partial charge in [-0.1, -0.05) is 12.1 Å². The van der Waals surface area contributed by atoms with E-state index in [9.17, 15) is 17.2 Å². The van der Waals surface area contributed by atoms with Gasteiger partial charge in [0.2, 0.25) is 15.9 Å². The maximum Gasteiger partial charge on any atom is 0.314 e. The predicted octanol–water partition coefficient (Wildman–Crippen LogP) is 4.41. The summed E-state index contributed by atoms with van der Waals surface area (Å²) < 4.78 is 60.1. The Morgan fingerprint density at radius 3 is 2.33 bits per heavy atom. The summed E-state index contributed by atoms with van der Waals surface area (Å²) in [6.07, 6.45) is 0.205. The van der Waals surface area contributed by atoms with E-state index < -0.39 is 27.6 Å². The summed E-state index contributed by atoms with van der Waals surface area (Å²) in [5.41, 5.74) is 4.58. The molecule has 9 nitrogen and oxygen atoms in total. The molecule has 2 aromatic heterocycles. The molecule has 39 heavy (non-hydrogen) atoms. The number of alkyl halides is 2. The van der Waals surface area contributed by atoms with Crippen molar-refractivity contribution in [3.05, 3.63) is 58.7 Å². The van der Waals surface area contributed by atoms with E-state index in [2.05, 4.69) is 36.6 Å². The minimum Gasteiger partial charge on any atom is -0.415 e. The van der Waals surface area contributed by atoms with Crippen LogP contribution >= 0.6 is 37.2 Å². The van der Waals surface area contributed by atoms with E-state index in [1.807, 2.05) is 13.0 Å². The van der Waals surface area contributed by atoms with Gasteiger partial charge in [0, 0.05) is 37.3 Å². The number of benzene rings is 1. The van der Waals surface area contributed by atoms with E-state index in [4.69, 9.17) is 4.42 Å². The third kappa shape index (κ3) is 7.36. The summed E-state index contributed by atoms with van der Waals surface area (Å²) in [6, 6.07) is 7.48. The summed E-state index contributed by atoms with van der Waals surface area (Å²) in [4.78, 5) is 4.49. The second-order valence-corrected chi connectivity index (χ2v) is 11.2. The lowest BCUT2D eigenvalue weighted by atomic mass is 9.86. The van der Waals surface area contributed by atoms with Crippen molar-refractivity contribution < 1.29 is 21.6 Å². The molecule has 4 heterocycles. The van der Waals surface area contributed by atoms with Gasteiger partial charge in [-0.15, -0.1) is 47.4 Å². The predicted molar refractivity (Wildman–Crippen MR) is 152 cm³/mol. The van der Waals surface area contributed by atoms with Crippen LogP contribution in [0.25, 0.3) is 11.5 Å². The Kier molecular flexibility index (Phi) is 11.9. The highest BCUT2D eigenvalue weighted by Gasteiger charge is 2.30. The number of sulfonamides is 1. The van der Waals surface area contributed by atoms with Crippen molar-refractivity contribution in [2.45, 2.75) is 43.8 Å². The summed E-state index contributed by atoms with van der Waals surface area (Å²) in [5, 5.41) is 13.1. The van der Waals surface area contributed by atoms with Crippen LogP contribution in [-0.4, -0.2) is 55.0 Å². The summed E-state index contributed by atoms with van der Waals surface area (Å²) in [7, 11) is -3.57. The quantitative estimate of drug-likeness (QED) is 0.336. The average molecular weight is 628 g/mol. The fourth-order valence-corrected chi connectivity index (χ4v) is 6.20. The van der Waals surface area contributed by atoms with Crippen molar-refractivity contribution in [1.29, 1.82) is 0 Å². The molecule has 0 saturated carbocycles. The molecule has 3 N–H and O–H groups in total. The van der Waals surface area contributed by atoms with E-state index in [-0.39, 0.29) is 49.0 Å². The summed E-state index contributed by atoms with van der Waals surface area (Å²) in [5.74, 6) is -0.483. The van der Waals surface area contributed by atoms with Gasteiger partial charge in [0.15, 0.2) is 0 Å². The molecule has 0 bridgehead atoms. The van der Waals surface area contributed by atoms with E-state index in [1.54, 1.807) is 12.1 Å². The first-order valence-electron chi connectivity index (χ1n) is 11.9. The van der Waals surface area contributed by atoms with Gasteiger partial charge >= 0.3 is 6.43 Å². The third-order valence-corrected chi connectivity index (χ3v) is 8.64. The summed E-state index contributed by atoms with van der Waals surface area (Å²) in [6.45, 7) is 4.92. The van der Waals surface area contributed by atoms with Crippen molar-refractivity contribution in [1.82, 2.24) is 25.8 Å². The van der Waals surface area contributed by atoms with Gasteiger partial charge in [-0.3, -0.25) is 9.71 Å². The Hall–Kier alpha value is -2.09. The first-order valence-corrected chi connectivity index (χ1v) is 13.5. The number of aromatic nitrogens is 3. The molecule has 0 unspecified atom stereocenters. The first-order chi connectivity index (χ1) is 17.3. The van der Waals surface area contributed by atoms with E-state index in [1.165, 1.54) is 6.20 Å². The zero-order chi connectivity index (χ0) is 25.3. The third-order valence-electron chi connectivity index (χ3n) is 6.80. The van der Waals surface area contributed by atoms with Crippen LogP contribution in [0.5, 0.6) is 0 Å². The molecule has 2 aliphatic heterocycles. The zero-order valence-electron chi connectivity index (χ0n) is 21.0. The standard InChI is InChI=1S/C24H28F2N6O3S.3ClH/c1-14-2-5-19(16-11-28-12-16)20(21(14)32-36(33,34)18-6-8-27-9-7-18)10-17-4-3-15(13-29-17)23-30-31-24(35-23)22(25)26;;;/h2-5,13,16,18,22,27-28,32H,6-12H2,1H3;3*1H. The minimum absolute atomic E-state index is 0. The molecule has 0 atom stereocenters. The number of hydrogen-bond donors (Lipinski definition) is 3. The van der Waals surface area contributed by atoms with Gasteiger partial charge in [0.25, 0.3) is 5.89 Å². The van der Waals surface area contributed by atoms with Crippen LogP contribution in [0, 0.1) is 6.92 Å². The average Bonchev–Trinajstić information content (AvgIpc) is 3.34. The molecule has 0 radical (unpaired) electrons. The molecule has 1 aromatic carbocycles. The van der Waals surface area contributed by atoms with Crippen molar-refractivity contribution in [2.24, 2.45) is 0 Å². The van der Waals surface area contributed by atoms with Gasteiger partial charge in [0.05, 0.1) is 16.5 Å². The normalized spacial score (nSPS) is 16.0. The minimum atomic E-state index is -3.57. The monoisotopic (exact) mass is 626 g/mol. The highest BCUT2D eigenvalue weighted by atomic mass is 35.5. The molecule has 0 amide bonds. The van der Waals surface area contributed by atoms with Crippen LogP contribution in [-0.2, 0) is 16.4 Å². The Bertz CT molecular complexity index is 1340. The molecular formula is C24H31Cl3F2N6O3S. The van der Waals surface area contributed by atoms with Crippen LogP contribution in [0.1, 0.15) is 53.5 Å². The molecule has 15 heteroatoms. The molecular weight excluding hydrogens is 597 g/mol. The molecule has 2 aliphatic rings. The van der Waals surface area contributed by atoms with Crippen LogP contribution in [0.4, 0.5) is 14.5 Å². The molecule has 5 rings (SSSR count). The molecule has 2 saturated heterocycles. The Labute approximate surface area is 244 Å². The van der Waals surface area contributed by atoms with E-state index >= 15 is 0 Å². The van der Waals surface area contributed by atoms with Crippen LogP contribution < -0.4 is 15.4 Å². The number of aryl methyl sites for hydroxylation is 1. The number of halogens is 5. The fourth-order valence-electron chi connectivity index (χ4n) is 4.61. The maximum atomic E-state index is 13.3. The van der Waals surface area contributed by atoms with Gasteiger partial charge in [-0.25, -0.2) is 8.42 Å². The lowest BCUT2D eigenvalue weighted by Crippen LogP contribution is -2.41. The Morgan fingerprint density at radius 2 is 1.77 bits per heavy atom. The van der Waals surface area contributed by atoms with Crippen molar-refractivity contribution in [3.63, 3.8) is 0 Å². The smallest absolute Gasteiger partial charge is 0.314 e. The first kappa shape index (κ1) is 33.1. The number of nitrogens with one attached hydrogen (secondary N) is 3. The second-order valence-electron chi connectivity index (χ2n) is 9.24. The Morgan fingerprint density at radius 1 is 1.05 bits per heavy atom. The van der Waals surface area contributed by atoms with Crippen LogP contribution in [0.15, 0.2) is 34.9 Å². The Balaban J connectivity index is 0.00000178. The number of hydrogen-bond acceptors (Lipinski definition) is 8. The fraction of sp³-hybridized carbons (Fsp3) is 0.458. The van der Waals surface area contributed by atoms with E-state index in [0.717, 1.165) is 29.8 Å². The molecule has 0 spiro atoms. The van der Waals surface area contributed by atoms with Crippen molar-refractivity contribution >= 4 is 52.9 Å². The van der Waals surface area contributed by atoms with Gasteiger partial charge in [-0.05, 0) is 61.7 Å². The number of anilines is 1. The largest absolute Gasteiger partial charge is 0.415 e. The lowest BCUT2D eigenvalue weighted by molar-refractivity contribution is 0.116. The SMILES string of the molecule is Cc1ccc(C2CNC2)c(Cc2ccc(-c3nnc(C(F)F)o3)cn2)c1NS(=O)(=O)C1CCNCC1.Cl.Cl.Cl. The van der Waals surface area contributed by atoms with Crippen molar-refractivity contribution in [3.8, 4) is 11.5 Å². The zero-order valence-corrected chi connectivity index (χ0v) is 24.3. The number of rotatable bonds is 8. The van der Waals surface area contributed by atoms with Gasteiger partial charge in [0.1, 0.15) is 0 Å². The topological polar surface area (TPSA) is 122 Å². The summed E-state index contributed by atoms with van der Waals surface area (Å²) >= 11 is 0.